The van der Waals surface area contributed by atoms with Crippen molar-refractivity contribution in [2.45, 2.75) is 0 Å². The number of esters is 1. The molecule has 0 amide bonds. The number of rotatable bonds is 2. The minimum Gasteiger partial charge on any atom is -0.465 e. The number of ether oxygens (including phenoxy) is 1. The van der Waals surface area contributed by atoms with Crippen molar-refractivity contribution < 1.29 is 13.9 Å². The SMILES string of the molecule is COC(=O)c1c(F)cccc1/C=C/C#N. The van der Waals surface area contributed by atoms with Gasteiger partial charge in [-0.2, -0.15) is 5.26 Å². The molecule has 0 atom stereocenters. The first-order chi connectivity index (χ1) is 7.20. The summed E-state index contributed by atoms with van der Waals surface area (Å²) in [6.45, 7) is 0. The number of hydrogen-bond acceptors (Lipinski definition) is 3. The Kier molecular flexibility index (Phi) is 3.58. The number of benzene rings is 1. The Labute approximate surface area is 86.4 Å². The van der Waals surface area contributed by atoms with Gasteiger partial charge in [0.2, 0.25) is 0 Å². The number of nitriles is 1. The fourth-order valence-electron chi connectivity index (χ4n) is 1.12. The van der Waals surface area contributed by atoms with E-state index in [9.17, 15) is 9.18 Å². The Morgan fingerprint density at radius 3 is 2.93 bits per heavy atom. The zero-order valence-electron chi connectivity index (χ0n) is 8.03. The van der Waals surface area contributed by atoms with E-state index in [1.807, 2.05) is 0 Å². The molecule has 0 aliphatic carbocycles. The molecule has 76 valence electrons. The van der Waals surface area contributed by atoms with Crippen molar-refractivity contribution in [1.29, 1.82) is 5.26 Å². The van der Waals surface area contributed by atoms with Crippen molar-refractivity contribution in [1.82, 2.24) is 0 Å². The second-order valence-corrected chi connectivity index (χ2v) is 2.66. The highest BCUT2D eigenvalue weighted by molar-refractivity contribution is 5.93. The maximum absolute atomic E-state index is 13.3. The number of allylic oxidation sites excluding steroid dienone is 1. The zero-order valence-corrected chi connectivity index (χ0v) is 8.03. The Morgan fingerprint density at radius 1 is 1.60 bits per heavy atom. The molecule has 0 saturated heterocycles. The van der Waals surface area contributed by atoms with Gasteiger partial charge in [0, 0.05) is 6.08 Å². The van der Waals surface area contributed by atoms with Crippen LogP contribution in [0.15, 0.2) is 24.3 Å². The highest BCUT2D eigenvalue weighted by Gasteiger charge is 2.15. The lowest BCUT2D eigenvalue weighted by Gasteiger charge is -2.04. The molecule has 0 aliphatic rings. The normalized spacial score (nSPS) is 9.93. The van der Waals surface area contributed by atoms with E-state index in [0.717, 1.165) is 6.07 Å². The van der Waals surface area contributed by atoms with Crippen LogP contribution in [0.5, 0.6) is 0 Å². The van der Waals surface area contributed by atoms with Gasteiger partial charge in [-0.1, -0.05) is 12.1 Å². The Balaban J connectivity index is 3.27. The van der Waals surface area contributed by atoms with Gasteiger partial charge >= 0.3 is 5.97 Å². The first kappa shape index (κ1) is 10.9. The fourth-order valence-corrected chi connectivity index (χ4v) is 1.12. The topological polar surface area (TPSA) is 50.1 Å². The van der Waals surface area contributed by atoms with Crippen molar-refractivity contribution in [3.63, 3.8) is 0 Å². The number of halogens is 1. The molecule has 0 N–H and O–H groups in total. The third-order valence-electron chi connectivity index (χ3n) is 1.77. The summed E-state index contributed by atoms with van der Waals surface area (Å²) in [6, 6.07) is 5.92. The molecule has 0 heterocycles. The Bertz CT molecular complexity index is 446. The van der Waals surface area contributed by atoms with Gasteiger partial charge in [0.25, 0.3) is 0 Å². The smallest absolute Gasteiger partial charge is 0.341 e. The van der Waals surface area contributed by atoms with Gasteiger partial charge in [-0.15, -0.1) is 0 Å². The molecule has 3 nitrogen and oxygen atoms in total. The van der Waals surface area contributed by atoms with E-state index in [1.54, 1.807) is 6.07 Å². The average molecular weight is 205 g/mol. The lowest BCUT2D eigenvalue weighted by molar-refractivity contribution is 0.0595. The van der Waals surface area contributed by atoms with Gasteiger partial charge in [0.15, 0.2) is 0 Å². The van der Waals surface area contributed by atoms with E-state index in [0.29, 0.717) is 5.56 Å². The predicted octanol–water partition coefficient (Wildman–Crippen LogP) is 2.15. The van der Waals surface area contributed by atoms with Gasteiger partial charge < -0.3 is 4.74 Å². The largest absolute Gasteiger partial charge is 0.465 e. The molecular formula is C11H8FNO2. The number of nitrogens with zero attached hydrogens (tertiary/aromatic N) is 1. The quantitative estimate of drug-likeness (QED) is 0.549. The van der Waals surface area contributed by atoms with Crippen molar-refractivity contribution in [2.24, 2.45) is 0 Å². The second kappa shape index (κ2) is 4.91. The molecule has 15 heavy (non-hydrogen) atoms. The van der Waals surface area contributed by atoms with Crippen molar-refractivity contribution >= 4 is 12.0 Å². The molecule has 0 aromatic heterocycles. The molecule has 0 bridgehead atoms. The average Bonchev–Trinajstić information content (AvgIpc) is 2.25. The number of carbonyl (C=O) groups is 1. The summed E-state index contributed by atoms with van der Waals surface area (Å²) in [4.78, 5) is 11.2. The van der Waals surface area contributed by atoms with Gasteiger partial charge in [-0.25, -0.2) is 9.18 Å². The summed E-state index contributed by atoms with van der Waals surface area (Å²) < 4.78 is 17.7. The Hall–Kier alpha value is -2.15. The lowest BCUT2D eigenvalue weighted by atomic mass is 10.1. The van der Waals surface area contributed by atoms with Crippen molar-refractivity contribution in [2.75, 3.05) is 7.11 Å². The molecule has 0 spiro atoms. The minimum absolute atomic E-state index is 0.161. The maximum atomic E-state index is 13.3. The monoisotopic (exact) mass is 205 g/mol. The molecular weight excluding hydrogens is 197 g/mol. The predicted molar refractivity (Wildman–Crippen MR) is 52.4 cm³/mol. The first-order valence-electron chi connectivity index (χ1n) is 4.13. The molecule has 0 aliphatic heterocycles. The van der Waals surface area contributed by atoms with Crippen molar-refractivity contribution in [3.8, 4) is 6.07 Å². The van der Waals surface area contributed by atoms with Gasteiger partial charge in [0.05, 0.1) is 13.2 Å². The summed E-state index contributed by atoms with van der Waals surface area (Å²) in [5.74, 6) is -1.42. The van der Waals surface area contributed by atoms with Crippen LogP contribution in [-0.2, 0) is 4.74 Å². The van der Waals surface area contributed by atoms with Crippen LogP contribution in [0.2, 0.25) is 0 Å². The van der Waals surface area contributed by atoms with Gasteiger partial charge in [-0.05, 0) is 17.7 Å². The van der Waals surface area contributed by atoms with Gasteiger partial charge in [0.1, 0.15) is 11.4 Å². The third-order valence-corrected chi connectivity index (χ3v) is 1.77. The lowest BCUT2D eigenvalue weighted by Crippen LogP contribution is -2.06. The summed E-state index contributed by atoms with van der Waals surface area (Å²) in [5.41, 5.74) is 0.162. The molecule has 1 aromatic carbocycles. The molecule has 0 saturated carbocycles. The third kappa shape index (κ3) is 2.41. The van der Waals surface area contributed by atoms with Crippen LogP contribution in [0.3, 0.4) is 0 Å². The molecule has 4 heteroatoms. The first-order valence-corrected chi connectivity index (χ1v) is 4.13. The molecule has 1 aromatic rings. The summed E-state index contributed by atoms with van der Waals surface area (Å²) in [7, 11) is 1.17. The zero-order chi connectivity index (χ0) is 11.3. The van der Waals surface area contributed by atoms with E-state index in [4.69, 9.17) is 5.26 Å². The molecule has 0 unspecified atom stereocenters. The second-order valence-electron chi connectivity index (χ2n) is 2.66. The number of carbonyl (C=O) groups excluding carboxylic acids is 1. The van der Waals surface area contributed by atoms with E-state index in [-0.39, 0.29) is 5.56 Å². The van der Waals surface area contributed by atoms with E-state index < -0.39 is 11.8 Å². The van der Waals surface area contributed by atoms with Gasteiger partial charge in [-0.3, -0.25) is 0 Å². The maximum Gasteiger partial charge on any atom is 0.341 e. The van der Waals surface area contributed by atoms with Crippen LogP contribution in [0.4, 0.5) is 4.39 Å². The van der Waals surface area contributed by atoms with Crippen molar-refractivity contribution in [3.05, 3.63) is 41.2 Å². The van der Waals surface area contributed by atoms with Crippen LogP contribution in [0.1, 0.15) is 15.9 Å². The molecule has 0 radical (unpaired) electrons. The standard InChI is InChI=1S/C11H8FNO2/c1-15-11(14)10-8(5-3-7-13)4-2-6-9(10)12/h2-6H,1H3/b5-3+. The van der Waals surface area contributed by atoms with E-state index in [1.165, 1.54) is 31.4 Å². The van der Waals surface area contributed by atoms with Crippen LogP contribution in [0.25, 0.3) is 6.08 Å². The summed E-state index contributed by atoms with van der Waals surface area (Å²) in [6.07, 6.45) is 2.52. The number of hydrogen-bond donors (Lipinski definition) is 0. The minimum atomic E-state index is -0.759. The fraction of sp³-hybridized carbons (Fsp3) is 0.0909. The number of methoxy groups -OCH3 is 1. The van der Waals surface area contributed by atoms with Crippen LogP contribution < -0.4 is 0 Å². The van der Waals surface area contributed by atoms with Crippen LogP contribution in [-0.4, -0.2) is 13.1 Å². The summed E-state index contributed by atoms with van der Waals surface area (Å²) in [5, 5.41) is 8.34. The summed E-state index contributed by atoms with van der Waals surface area (Å²) >= 11 is 0. The molecule has 1 rings (SSSR count). The van der Waals surface area contributed by atoms with E-state index in [2.05, 4.69) is 4.74 Å². The highest BCUT2D eigenvalue weighted by Crippen LogP contribution is 2.16. The van der Waals surface area contributed by atoms with Crippen LogP contribution in [0, 0.1) is 17.1 Å². The Morgan fingerprint density at radius 2 is 2.33 bits per heavy atom. The van der Waals surface area contributed by atoms with Crippen LogP contribution >= 0.6 is 0 Å². The highest BCUT2D eigenvalue weighted by atomic mass is 19.1. The molecule has 0 fully saturated rings. The van der Waals surface area contributed by atoms with E-state index >= 15 is 0 Å².